The Kier molecular flexibility index (Phi) is 7.05. The van der Waals surface area contributed by atoms with Gasteiger partial charge in [-0.1, -0.05) is 6.07 Å². The van der Waals surface area contributed by atoms with Crippen LogP contribution in [-0.2, 0) is 30.4 Å². The normalized spacial score (nSPS) is 10.2. The lowest BCUT2D eigenvalue weighted by molar-refractivity contribution is -0.144. The lowest BCUT2D eigenvalue weighted by Gasteiger charge is -2.03. The summed E-state index contributed by atoms with van der Waals surface area (Å²) < 4.78 is 9.25. The number of amides is 1. The standard InChI is InChI=1S/C13H15NO5S/c1-2-18-12(16)5-6-13(17)19-9-11(15)14-8-10-4-3-7-20-10/h3-7H,2,8-9H2,1H3,(H,14,15)/b6-5+. The van der Waals surface area contributed by atoms with Crippen LogP contribution in [0.15, 0.2) is 29.7 Å². The number of rotatable bonds is 7. The van der Waals surface area contributed by atoms with E-state index in [0.29, 0.717) is 6.54 Å². The zero-order valence-electron chi connectivity index (χ0n) is 11.0. The molecule has 0 saturated heterocycles. The molecule has 6 nitrogen and oxygen atoms in total. The third-order valence-electron chi connectivity index (χ3n) is 2.03. The highest BCUT2D eigenvalue weighted by Gasteiger charge is 2.06. The molecule has 0 aromatic carbocycles. The first-order valence-electron chi connectivity index (χ1n) is 5.92. The van der Waals surface area contributed by atoms with Crippen molar-refractivity contribution in [2.24, 2.45) is 0 Å². The van der Waals surface area contributed by atoms with Crippen LogP contribution in [0.1, 0.15) is 11.8 Å². The molecule has 1 rings (SSSR count). The van der Waals surface area contributed by atoms with Gasteiger partial charge >= 0.3 is 11.9 Å². The summed E-state index contributed by atoms with van der Waals surface area (Å²) >= 11 is 1.52. The highest BCUT2D eigenvalue weighted by Crippen LogP contribution is 2.07. The number of carbonyl (C=O) groups is 3. The molecule has 0 aliphatic rings. The Hall–Kier alpha value is -2.15. The van der Waals surface area contributed by atoms with Gasteiger partial charge in [-0.15, -0.1) is 11.3 Å². The zero-order valence-corrected chi connectivity index (χ0v) is 11.8. The Balaban J connectivity index is 2.20. The molecule has 20 heavy (non-hydrogen) atoms. The largest absolute Gasteiger partial charge is 0.463 e. The molecule has 1 aromatic heterocycles. The summed E-state index contributed by atoms with van der Waals surface area (Å²) in [5.74, 6) is -1.81. The van der Waals surface area contributed by atoms with Crippen molar-refractivity contribution >= 4 is 29.2 Å². The minimum absolute atomic E-state index is 0.226. The number of hydrogen-bond acceptors (Lipinski definition) is 6. The molecule has 1 amide bonds. The zero-order chi connectivity index (χ0) is 14.8. The van der Waals surface area contributed by atoms with Gasteiger partial charge in [0, 0.05) is 17.0 Å². The van der Waals surface area contributed by atoms with E-state index in [9.17, 15) is 14.4 Å². The van der Waals surface area contributed by atoms with E-state index >= 15 is 0 Å². The fourth-order valence-corrected chi connectivity index (χ4v) is 1.81. The lowest BCUT2D eigenvalue weighted by atomic mass is 10.4. The molecule has 108 valence electrons. The molecule has 0 atom stereocenters. The second kappa shape index (κ2) is 8.87. The van der Waals surface area contributed by atoms with Crippen LogP contribution in [0.5, 0.6) is 0 Å². The number of hydrogen-bond donors (Lipinski definition) is 1. The van der Waals surface area contributed by atoms with Crippen molar-refractivity contribution in [2.75, 3.05) is 13.2 Å². The summed E-state index contributed by atoms with van der Waals surface area (Å²) in [6, 6.07) is 3.77. The Labute approximate surface area is 120 Å². The molecule has 0 aliphatic heterocycles. The maximum Gasteiger partial charge on any atom is 0.331 e. The van der Waals surface area contributed by atoms with Crippen LogP contribution < -0.4 is 5.32 Å². The molecule has 0 radical (unpaired) electrons. The van der Waals surface area contributed by atoms with Gasteiger partial charge in [-0.3, -0.25) is 4.79 Å². The summed E-state index contributed by atoms with van der Waals surface area (Å²) in [7, 11) is 0. The SMILES string of the molecule is CCOC(=O)/C=C/C(=O)OCC(=O)NCc1cccs1. The number of esters is 2. The first-order valence-corrected chi connectivity index (χ1v) is 6.80. The fourth-order valence-electron chi connectivity index (χ4n) is 1.16. The summed E-state index contributed by atoms with van der Waals surface area (Å²) in [4.78, 5) is 34.5. The molecule has 7 heteroatoms. The van der Waals surface area contributed by atoms with Crippen molar-refractivity contribution in [1.29, 1.82) is 0 Å². The third-order valence-corrected chi connectivity index (χ3v) is 2.90. The molecule has 0 unspecified atom stereocenters. The summed E-state index contributed by atoms with van der Waals surface area (Å²) in [6.07, 6.45) is 1.87. The van der Waals surface area contributed by atoms with E-state index < -0.39 is 24.5 Å². The van der Waals surface area contributed by atoms with Gasteiger partial charge in [-0.25, -0.2) is 9.59 Å². The van der Waals surface area contributed by atoms with E-state index in [0.717, 1.165) is 17.0 Å². The van der Waals surface area contributed by atoms with Crippen LogP contribution >= 0.6 is 11.3 Å². The van der Waals surface area contributed by atoms with E-state index in [2.05, 4.69) is 14.8 Å². The highest BCUT2D eigenvalue weighted by molar-refractivity contribution is 7.09. The van der Waals surface area contributed by atoms with Crippen LogP contribution in [-0.4, -0.2) is 31.1 Å². The lowest BCUT2D eigenvalue weighted by Crippen LogP contribution is -2.27. The molecule has 0 spiro atoms. The van der Waals surface area contributed by atoms with Gasteiger partial charge in [0.05, 0.1) is 13.2 Å². The van der Waals surface area contributed by atoms with Gasteiger partial charge in [-0.05, 0) is 18.4 Å². The average molecular weight is 297 g/mol. The number of nitrogens with one attached hydrogen (secondary N) is 1. The first kappa shape index (κ1) is 15.9. The molecule has 0 aliphatic carbocycles. The average Bonchev–Trinajstić information content (AvgIpc) is 2.94. The maximum absolute atomic E-state index is 11.4. The van der Waals surface area contributed by atoms with Gasteiger partial charge in [0.2, 0.25) is 0 Å². The molecular weight excluding hydrogens is 282 g/mol. The van der Waals surface area contributed by atoms with Crippen LogP contribution in [0, 0.1) is 0 Å². The van der Waals surface area contributed by atoms with E-state index in [1.54, 1.807) is 6.92 Å². The quantitative estimate of drug-likeness (QED) is 0.600. The van der Waals surface area contributed by atoms with Gasteiger partial charge < -0.3 is 14.8 Å². The van der Waals surface area contributed by atoms with Gasteiger partial charge in [0.1, 0.15) is 0 Å². The van der Waals surface area contributed by atoms with E-state index in [1.807, 2.05) is 17.5 Å². The smallest absolute Gasteiger partial charge is 0.331 e. The number of carbonyl (C=O) groups excluding carboxylic acids is 3. The summed E-state index contributed by atoms with van der Waals surface area (Å²) in [5, 5.41) is 4.51. The highest BCUT2D eigenvalue weighted by atomic mass is 32.1. The Morgan fingerprint density at radius 1 is 1.25 bits per heavy atom. The summed E-state index contributed by atoms with van der Waals surface area (Å²) in [6.45, 7) is 1.88. The van der Waals surface area contributed by atoms with Crippen LogP contribution in [0.25, 0.3) is 0 Å². The van der Waals surface area contributed by atoms with Crippen molar-refractivity contribution in [3.05, 3.63) is 34.5 Å². The van der Waals surface area contributed by atoms with Crippen molar-refractivity contribution in [3.8, 4) is 0 Å². The monoisotopic (exact) mass is 297 g/mol. The Morgan fingerprint density at radius 3 is 2.55 bits per heavy atom. The van der Waals surface area contributed by atoms with E-state index in [4.69, 9.17) is 0 Å². The number of ether oxygens (including phenoxy) is 2. The predicted molar refractivity (Wildman–Crippen MR) is 72.9 cm³/mol. The van der Waals surface area contributed by atoms with E-state index in [-0.39, 0.29) is 6.61 Å². The van der Waals surface area contributed by atoms with Crippen molar-refractivity contribution in [3.63, 3.8) is 0 Å². The molecule has 0 fully saturated rings. The second-order valence-corrected chi connectivity index (χ2v) is 4.58. The maximum atomic E-state index is 11.4. The molecule has 1 N–H and O–H groups in total. The van der Waals surface area contributed by atoms with Gasteiger partial charge in [-0.2, -0.15) is 0 Å². The van der Waals surface area contributed by atoms with Crippen molar-refractivity contribution in [2.45, 2.75) is 13.5 Å². The van der Waals surface area contributed by atoms with E-state index in [1.165, 1.54) is 11.3 Å². The topological polar surface area (TPSA) is 81.7 Å². The van der Waals surface area contributed by atoms with Crippen LogP contribution in [0.3, 0.4) is 0 Å². The summed E-state index contributed by atoms with van der Waals surface area (Å²) in [5.41, 5.74) is 0. The van der Waals surface area contributed by atoms with Crippen molar-refractivity contribution < 1.29 is 23.9 Å². The van der Waals surface area contributed by atoms with Gasteiger partial charge in [0.25, 0.3) is 5.91 Å². The molecule has 0 bridgehead atoms. The van der Waals surface area contributed by atoms with Crippen LogP contribution in [0.2, 0.25) is 0 Å². The van der Waals surface area contributed by atoms with Gasteiger partial charge in [0.15, 0.2) is 6.61 Å². The Morgan fingerprint density at radius 2 is 1.95 bits per heavy atom. The molecule has 0 saturated carbocycles. The van der Waals surface area contributed by atoms with Crippen molar-refractivity contribution in [1.82, 2.24) is 5.32 Å². The third kappa shape index (κ3) is 6.69. The molecule has 1 heterocycles. The number of thiophene rings is 1. The molecule has 1 aromatic rings. The Bertz CT molecular complexity index is 481. The predicted octanol–water partition coefficient (Wildman–Crippen LogP) is 1.03. The van der Waals surface area contributed by atoms with Crippen LogP contribution in [0.4, 0.5) is 0 Å². The molecular formula is C13H15NO5S. The second-order valence-electron chi connectivity index (χ2n) is 3.55. The minimum Gasteiger partial charge on any atom is -0.463 e. The minimum atomic E-state index is -0.774. The first-order chi connectivity index (χ1) is 9.61. The fraction of sp³-hybridized carbons (Fsp3) is 0.308.